The van der Waals surface area contributed by atoms with Crippen molar-refractivity contribution in [1.29, 1.82) is 0 Å². The molecule has 23 heavy (non-hydrogen) atoms. The molecule has 0 atom stereocenters. The number of rotatable bonds is 7. The molecule has 5 heteroatoms. The first-order chi connectivity index (χ1) is 11.1. The molecule has 0 fully saturated rings. The molecule has 0 spiro atoms. The smallest absolute Gasteiger partial charge is 0.309 e. The van der Waals surface area contributed by atoms with E-state index in [9.17, 15) is 9.59 Å². The molecule has 0 saturated carbocycles. The summed E-state index contributed by atoms with van der Waals surface area (Å²) in [6, 6.07) is 16.6. The Kier molecular flexibility index (Phi) is 6.17. The van der Waals surface area contributed by atoms with Gasteiger partial charge in [-0.15, -0.1) is 0 Å². The minimum atomic E-state index is -0.471. The van der Waals surface area contributed by atoms with Crippen LogP contribution in [0.2, 0.25) is 0 Å². The van der Waals surface area contributed by atoms with Gasteiger partial charge in [0.25, 0.3) is 5.91 Å². The summed E-state index contributed by atoms with van der Waals surface area (Å²) in [5, 5.41) is 2.64. The summed E-state index contributed by atoms with van der Waals surface area (Å²) in [4.78, 5) is 23.2. The molecule has 1 N–H and O–H groups in total. The van der Waals surface area contributed by atoms with Crippen molar-refractivity contribution in [2.24, 2.45) is 0 Å². The molecular weight excluding hydrogens is 294 g/mol. The normalized spacial score (nSPS) is 9.96. The summed E-state index contributed by atoms with van der Waals surface area (Å²) in [6.45, 7) is 1.87. The van der Waals surface area contributed by atoms with Gasteiger partial charge in [0, 0.05) is 5.69 Å². The minimum Gasteiger partial charge on any atom is -0.493 e. The average molecular weight is 313 g/mol. The van der Waals surface area contributed by atoms with E-state index < -0.39 is 5.97 Å². The van der Waals surface area contributed by atoms with Crippen molar-refractivity contribution in [2.75, 3.05) is 18.5 Å². The summed E-state index contributed by atoms with van der Waals surface area (Å²) >= 11 is 0. The second kappa shape index (κ2) is 8.58. The Labute approximate surface area is 135 Å². The van der Waals surface area contributed by atoms with Crippen LogP contribution in [0.4, 0.5) is 5.69 Å². The molecule has 0 aliphatic heterocycles. The highest BCUT2D eigenvalue weighted by Crippen LogP contribution is 2.12. The number of hydrogen-bond acceptors (Lipinski definition) is 4. The highest BCUT2D eigenvalue weighted by Gasteiger charge is 2.08. The first kappa shape index (κ1) is 16.5. The summed E-state index contributed by atoms with van der Waals surface area (Å²) in [5.41, 5.74) is 1.75. The fourth-order valence-electron chi connectivity index (χ4n) is 1.89. The third-order valence-electron chi connectivity index (χ3n) is 2.99. The van der Waals surface area contributed by atoms with Crippen molar-refractivity contribution in [1.82, 2.24) is 0 Å². The molecule has 0 aliphatic carbocycles. The number of carbonyl (C=O) groups excluding carboxylic acids is 2. The first-order valence-electron chi connectivity index (χ1n) is 7.33. The van der Waals surface area contributed by atoms with Gasteiger partial charge in [0.2, 0.25) is 0 Å². The lowest BCUT2D eigenvalue weighted by atomic mass is 10.2. The van der Waals surface area contributed by atoms with Crippen molar-refractivity contribution in [3.8, 4) is 5.75 Å². The van der Waals surface area contributed by atoms with Crippen LogP contribution in [0.25, 0.3) is 0 Å². The van der Waals surface area contributed by atoms with Crippen LogP contribution in [-0.2, 0) is 14.3 Å². The first-order valence-corrected chi connectivity index (χ1v) is 7.33. The Morgan fingerprint density at radius 2 is 1.83 bits per heavy atom. The van der Waals surface area contributed by atoms with Crippen LogP contribution in [0.5, 0.6) is 5.75 Å². The van der Waals surface area contributed by atoms with Crippen molar-refractivity contribution in [2.45, 2.75) is 13.3 Å². The third-order valence-corrected chi connectivity index (χ3v) is 2.99. The Balaban J connectivity index is 1.64. The summed E-state index contributed by atoms with van der Waals surface area (Å²) in [5.74, 6) is -0.135. The summed E-state index contributed by atoms with van der Waals surface area (Å²) < 4.78 is 10.4. The number of aryl methyl sites for hydroxylation is 1. The van der Waals surface area contributed by atoms with Gasteiger partial charge < -0.3 is 14.8 Å². The Morgan fingerprint density at radius 3 is 2.57 bits per heavy atom. The zero-order valence-electron chi connectivity index (χ0n) is 13.0. The van der Waals surface area contributed by atoms with Crippen LogP contribution >= 0.6 is 0 Å². The van der Waals surface area contributed by atoms with E-state index in [1.54, 1.807) is 12.1 Å². The van der Waals surface area contributed by atoms with E-state index in [1.807, 2.05) is 49.4 Å². The number of benzene rings is 2. The molecule has 2 aromatic rings. The molecule has 2 aromatic carbocycles. The van der Waals surface area contributed by atoms with Crippen LogP contribution in [0, 0.1) is 6.92 Å². The Bertz CT molecular complexity index is 655. The van der Waals surface area contributed by atoms with Gasteiger partial charge in [-0.05, 0) is 36.8 Å². The quantitative estimate of drug-likeness (QED) is 0.798. The highest BCUT2D eigenvalue weighted by atomic mass is 16.5. The van der Waals surface area contributed by atoms with E-state index in [0.29, 0.717) is 11.4 Å². The molecule has 0 aliphatic rings. The SMILES string of the molecule is Cc1cccc(OCCC(=O)OCC(=O)Nc2ccccc2)c1. The maximum atomic E-state index is 11.6. The monoisotopic (exact) mass is 313 g/mol. The molecule has 1 amide bonds. The van der Waals surface area contributed by atoms with Crippen molar-refractivity contribution in [3.05, 3.63) is 60.2 Å². The van der Waals surface area contributed by atoms with Gasteiger partial charge >= 0.3 is 5.97 Å². The second-order valence-corrected chi connectivity index (χ2v) is 4.99. The number of ether oxygens (including phenoxy) is 2. The number of carbonyl (C=O) groups is 2. The minimum absolute atomic E-state index is 0.0898. The number of para-hydroxylation sites is 1. The Hall–Kier alpha value is -2.82. The fourth-order valence-corrected chi connectivity index (χ4v) is 1.89. The topological polar surface area (TPSA) is 64.6 Å². The fraction of sp³-hybridized carbons (Fsp3) is 0.222. The lowest BCUT2D eigenvalue weighted by Gasteiger charge is -2.08. The maximum absolute atomic E-state index is 11.6. The lowest BCUT2D eigenvalue weighted by Crippen LogP contribution is -2.21. The summed E-state index contributed by atoms with van der Waals surface area (Å²) in [6.07, 6.45) is 0.0898. The largest absolute Gasteiger partial charge is 0.493 e. The van der Waals surface area contributed by atoms with Crippen LogP contribution in [0.1, 0.15) is 12.0 Å². The molecule has 120 valence electrons. The average Bonchev–Trinajstić information content (AvgIpc) is 2.54. The molecule has 0 saturated heterocycles. The standard InChI is InChI=1S/C18H19NO4/c1-14-6-5-9-16(12-14)22-11-10-18(21)23-13-17(20)19-15-7-3-2-4-8-15/h2-9,12H,10-11,13H2,1H3,(H,19,20). The van der Waals surface area contributed by atoms with Gasteiger partial charge in [-0.2, -0.15) is 0 Å². The molecule has 0 bridgehead atoms. The predicted molar refractivity (Wildman–Crippen MR) is 87.3 cm³/mol. The zero-order chi connectivity index (χ0) is 16.5. The molecular formula is C18H19NO4. The van der Waals surface area contributed by atoms with Crippen LogP contribution < -0.4 is 10.1 Å². The molecule has 2 rings (SSSR count). The van der Waals surface area contributed by atoms with Crippen molar-refractivity contribution in [3.63, 3.8) is 0 Å². The third kappa shape index (κ3) is 6.22. The van der Waals surface area contributed by atoms with Crippen molar-refractivity contribution < 1.29 is 19.1 Å². The lowest BCUT2D eigenvalue weighted by molar-refractivity contribution is -0.147. The molecule has 0 heterocycles. The number of anilines is 1. The van der Waals surface area contributed by atoms with Gasteiger partial charge in [-0.1, -0.05) is 30.3 Å². The van der Waals surface area contributed by atoms with Gasteiger partial charge in [-0.3, -0.25) is 9.59 Å². The molecule has 5 nitrogen and oxygen atoms in total. The molecule has 0 aromatic heterocycles. The van der Waals surface area contributed by atoms with Gasteiger partial charge in [-0.25, -0.2) is 0 Å². The number of nitrogens with one attached hydrogen (secondary N) is 1. The van der Waals surface area contributed by atoms with Crippen LogP contribution in [0.15, 0.2) is 54.6 Å². The van der Waals surface area contributed by atoms with E-state index in [4.69, 9.17) is 9.47 Å². The van der Waals surface area contributed by atoms with E-state index in [-0.39, 0.29) is 25.5 Å². The number of amides is 1. The molecule has 0 radical (unpaired) electrons. The van der Waals surface area contributed by atoms with Gasteiger partial charge in [0.05, 0.1) is 13.0 Å². The Morgan fingerprint density at radius 1 is 1.04 bits per heavy atom. The molecule has 0 unspecified atom stereocenters. The van der Waals surface area contributed by atoms with E-state index in [0.717, 1.165) is 5.56 Å². The number of hydrogen-bond donors (Lipinski definition) is 1. The maximum Gasteiger partial charge on any atom is 0.309 e. The summed E-state index contributed by atoms with van der Waals surface area (Å²) in [7, 11) is 0. The van der Waals surface area contributed by atoms with Gasteiger partial charge in [0.1, 0.15) is 5.75 Å². The van der Waals surface area contributed by atoms with Crippen molar-refractivity contribution >= 4 is 17.6 Å². The zero-order valence-corrected chi connectivity index (χ0v) is 13.0. The van der Waals surface area contributed by atoms with Crippen LogP contribution in [0.3, 0.4) is 0 Å². The highest BCUT2D eigenvalue weighted by molar-refractivity contribution is 5.92. The van der Waals surface area contributed by atoms with Crippen LogP contribution in [-0.4, -0.2) is 25.1 Å². The van der Waals surface area contributed by atoms with E-state index >= 15 is 0 Å². The second-order valence-electron chi connectivity index (χ2n) is 4.99. The predicted octanol–water partition coefficient (Wildman–Crippen LogP) is 2.95. The van der Waals surface area contributed by atoms with E-state index in [1.165, 1.54) is 0 Å². The number of esters is 1. The van der Waals surface area contributed by atoms with E-state index in [2.05, 4.69) is 5.32 Å². The van der Waals surface area contributed by atoms with Gasteiger partial charge in [0.15, 0.2) is 6.61 Å².